The number of para-hydroxylation sites is 1. The summed E-state index contributed by atoms with van der Waals surface area (Å²) in [5, 5.41) is 6.99. The minimum absolute atomic E-state index is 0.115. The molecule has 0 atom stereocenters. The van der Waals surface area contributed by atoms with E-state index < -0.39 is 17.5 Å². The molecule has 4 rings (SSSR count). The quantitative estimate of drug-likeness (QED) is 0.572. The maximum Gasteiger partial charge on any atom is 0.259 e. The topological polar surface area (TPSA) is 59.8 Å². The molecule has 0 unspecified atom stereocenters. The second-order valence-corrected chi connectivity index (χ2v) is 5.99. The molecule has 0 spiro atoms. The molecule has 0 radical (unpaired) electrons. The Morgan fingerprint density at radius 2 is 1.82 bits per heavy atom. The van der Waals surface area contributed by atoms with E-state index in [1.165, 1.54) is 6.07 Å². The number of aromatic nitrogens is 3. The molecule has 7 heteroatoms. The summed E-state index contributed by atoms with van der Waals surface area (Å²) in [5.41, 5.74) is 1.93. The van der Waals surface area contributed by atoms with E-state index in [1.807, 2.05) is 30.3 Å². The van der Waals surface area contributed by atoms with Crippen LogP contribution in [0.2, 0.25) is 0 Å². The molecule has 0 fully saturated rings. The van der Waals surface area contributed by atoms with Gasteiger partial charge in [-0.1, -0.05) is 18.2 Å². The van der Waals surface area contributed by atoms with Gasteiger partial charge in [0.2, 0.25) is 0 Å². The monoisotopic (exact) mass is 376 g/mol. The average molecular weight is 376 g/mol. The first-order valence-electron chi connectivity index (χ1n) is 8.44. The fourth-order valence-corrected chi connectivity index (χ4v) is 2.75. The van der Waals surface area contributed by atoms with E-state index in [2.05, 4.69) is 15.4 Å². The second-order valence-electron chi connectivity index (χ2n) is 5.99. The molecule has 28 heavy (non-hydrogen) atoms. The van der Waals surface area contributed by atoms with E-state index in [9.17, 15) is 13.6 Å². The second kappa shape index (κ2) is 7.40. The Kier molecular flexibility index (Phi) is 4.63. The van der Waals surface area contributed by atoms with Gasteiger partial charge in [-0.15, -0.1) is 0 Å². The number of pyridine rings is 1. The first-order valence-corrected chi connectivity index (χ1v) is 8.44. The predicted molar refractivity (Wildman–Crippen MR) is 101 cm³/mol. The van der Waals surface area contributed by atoms with Gasteiger partial charge in [-0.3, -0.25) is 9.78 Å². The predicted octanol–water partition coefficient (Wildman–Crippen LogP) is 4.46. The molecule has 0 saturated carbocycles. The largest absolute Gasteiger partial charge is 0.319 e. The lowest BCUT2D eigenvalue weighted by molar-refractivity contribution is 0.102. The van der Waals surface area contributed by atoms with Gasteiger partial charge in [0.25, 0.3) is 5.91 Å². The van der Waals surface area contributed by atoms with Gasteiger partial charge < -0.3 is 5.32 Å². The van der Waals surface area contributed by atoms with Crippen molar-refractivity contribution in [2.24, 2.45) is 0 Å². The van der Waals surface area contributed by atoms with Crippen LogP contribution < -0.4 is 5.32 Å². The molecule has 138 valence electrons. The summed E-state index contributed by atoms with van der Waals surface area (Å²) in [6.07, 6.45) is 4.77. The van der Waals surface area contributed by atoms with Crippen LogP contribution in [-0.2, 0) is 0 Å². The molecule has 1 N–H and O–H groups in total. The number of amides is 1. The summed E-state index contributed by atoms with van der Waals surface area (Å²) >= 11 is 0. The fraction of sp³-hybridized carbons (Fsp3) is 0. The highest BCUT2D eigenvalue weighted by atomic mass is 19.1. The minimum Gasteiger partial charge on any atom is -0.319 e. The smallest absolute Gasteiger partial charge is 0.259 e. The maximum atomic E-state index is 13.9. The molecular formula is C21H14F2N4O. The van der Waals surface area contributed by atoms with Crippen molar-refractivity contribution in [1.29, 1.82) is 0 Å². The summed E-state index contributed by atoms with van der Waals surface area (Å²) < 4.78 is 28.6. The van der Waals surface area contributed by atoms with Crippen LogP contribution in [0.4, 0.5) is 14.5 Å². The lowest BCUT2D eigenvalue weighted by atomic mass is 10.1. The van der Waals surface area contributed by atoms with Crippen molar-refractivity contribution in [3.63, 3.8) is 0 Å². The number of nitrogens with zero attached hydrogens (tertiary/aromatic N) is 3. The van der Waals surface area contributed by atoms with Crippen LogP contribution >= 0.6 is 0 Å². The zero-order valence-corrected chi connectivity index (χ0v) is 14.5. The Labute approximate surface area is 159 Å². The van der Waals surface area contributed by atoms with Crippen LogP contribution in [-0.4, -0.2) is 20.7 Å². The summed E-state index contributed by atoms with van der Waals surface area (Å²) in [6.45, 7) is 0. The Morgan fingerprint density at radius 3 is 2.54 bits per heavy atom. The summed E-state index contributed by atoms with van der Waals surface area (Å²) in [6, 6.07) is 15.8. The number of rotatable bonds is 4. The Bertz CT molecular complexity index is 1130. The van der Waals surface area contributed by atoms with Crippen molar-refractivity contribution >= 4 is 11.6 Å². The van der Waals surface area contributed by atoms with Crippen LogP contribution in [0.5, 0.6) is 0 Å². The van der Waals surface area contributed by atoms with Crippen molar-refractivity contribution in [2.75, 3.05) is 5.32 Å². The lowest BCUT2D eigenvalue weighted by Crippen LogP contribution is -2.13. The van der Waals surface area contributed by atoms with Gasteiger partial charge in [-0.2, -0.15) is 5.10 Å². The molecule has 2 aromatic heterocycles. The molecule has 1 amide bonds. The number of carbonyl (C=O) groups excluding carboxylic acids is 1. The molecule has 0 aliphatic carbocycles. The highest BCUT2D eigenvalue weighted by molar-refractivity contribution is 6.08. The van der Waals surface area contributed by atoms with Gasteiger partial charge in [-0.25, -0.2) is 13.5 Å². The number of hydrogen-bond acceptors (Lipinski definition) is 3. The molecule has 5 nitrogen and oxygen atoms in total. The standard InChI is InChI=1S/C21H14F2N4O/c22-15-8-9-19(18(23)11-15)25-21(28)17-13-27(16-6-2-1-3-7-16)26-20(17)14-5-4-10-24-12-14/h1-13H,(H,25,28). The first kappa shape index (κ1) is 17.5. The lowest BCUT2D eigenvalue weighted by Gasteiger charge is -2.06. The number of hydrogen-bond donors (Lipinski definition) is 1. The molecule has 2 aromatic carbocycles. The van der Waals surface area contributed by atoms with E-state index in [4.69, 9.17) is 0 Å². The van der Waals surface area contributed by atoms with Gasteiger partial charge in [0.15, 0.2) is 0 Å². The molecule has 4 aromatic rings. The fourth-order valence-electron chi connectivity index (χ4n) is 2.75. The van der Waals surface area contributed by atoms with Crippen LogP contribution in [0, 0.1) is 11.6 Å². The molecular weight excluding hydrogens is 362 g/mol. The normalized spacial score (nSPS) is 10.6. The Morgan fingerprint density at radius 1 is 1.00 bits per heavy atom. The Balaban J connectivity index is 1.76. The van der Waals surface area contributed by atoms with Crippen LogP contribution in [0.15, 0.2) is 79.3 Å². The number of benzene rings is 2. The average Bonchev–Trinajstić information content (AvgIpc) is 3.17. The van der Waals surface area contributed by atoms with Crippen molar-refractivity contribution in [2.45, 2.75) is 0 Å². The van der Waals surface area contributed by atoms with E-state index >= 15 is 0 Å². The van der Waals surface area contributed by atoms with Crippen molar-refractivity contribution in [3.05, 3.63) is 96.5 Å². The highest BCUT2D eigenvalue weighted by Crippen LogP contribution is 2.25. The highest BCUT2D eigenvalue weighted by Gasteiger charge is 2.20. The Hall–Kier alpha value is -3.87. The summed E-state index contributed by atoms with van der Waals surface area (Å²) in [5.74, 6) is -2.14. The first-order chi connectivity index (χ1) is 13.6. The van der Waals surface area contributed by atoms with E-state index in [-0.39, 0.29) is 11.3 Å². The molecule has 0 aliphatic rings. The van der Waals surface area contributed by atoms with Gasteiger partial charge in [0, 0.05) is 30.2 Å². The van der Waals surface area contributed by atoms with E-state index in [1.54, 1.807) is 35.4 Å². The molecule has 0 saturated heterocycles. The summed E-state index contributed by atoms with van der Waals surface area (Å²) in [4.78, 5) is 16.9. The number of nitrogens with one attached hydrogen (secondary N) is 1. The maximum absolute atomic E-state index is 13.9. The zero-order chi connectivity index (χ0) is 19.5. The van der Waals surface area contributed by atoms with Gasteiger partial charge in [0.1, 0.15) is 17.3 Å². The molecule has 2 heterocycles. The van der Waals surface area contributed by atoms with Gasteiger partial charge in [-0.05, 0) is 36.4 Å². The van der Waals surface area contributed by atoms with Crippen LogP contribution in [0.25, 0.3) is 16.9 Å². The minimum atomic E-state index is -0.855. The van der Waals surface area contributed by atoms with Crippen molar-refractivity contribution in [3.8, 4) is 16.9 Å². The number of carbonyl (C=O) groups is 1. The van der Waals surface area contributed by atoms with Gasteiger partial charge in [0.05, 0.1) is 16.9 Å². The van der Waals surface area contributed by atoms with Crippen LogP contribution in [0.1, 0.15) is 10.4 Å². The zero-order valence-electron chi connectivity index (χ0n) is 14.5. The molecule has 0 bridgehead atoms. The number of halogens is 2. The van der Waals surface area contributed by atoms with E-state index in [0.29, 0.717) is 17.3 Å². The van der Waals surface area contributed by atoms with Crippen molar-refractivity contribution in [1.82, 2.24) is 14.8 Å². The van der Waals surface area contributed by atoms with Gasteiger partial charge >= 0.3 is 0 Å². The third kappa shape index (κ3) is 3.50. The van der Waals surface area contributed by atoms with E-state index in [0.717, 1.165) is 11.8 Å². The summed E-state index contributed by atoms with van der Waals surface area (Å²) in [7, 11) is 0. The van der Waals surface area contributed by atoms with Crippen molar-refractivity contribution < 1.29 is 13.6 Å². The SMILES string of the molecule is O=C(Nc1ccc(F)cc1F)c1cn(-c2ccccc2)nc1-c1cccnc1. The number of anilines is 1. The third-order valence-electron chi connectivity index (χ3n) is 4.09. The van der Waals surface area contributed by atoms with Crippen LogP contribution in [0.3, 0.4) is 0 Å². The molecule has 0 aliphatic heterocycles. The third-order valence-corrected chi connectivity index (χ3v) is 4.09.